The third-order valence-electron chi connectivity index (χ3n) is 5.78. The summed E-state index contributed by atoms with van der Waals surface area (Å²) in [6.07, 6.45) is 1.73. The van der Waals surface area contributed by atoms with Crippen LogP contribution < -0.4 is 4.80 Å². The normalized spacial score (nSPS) is 16.8. The number of fused-ring (bicyclic) bond motifs is 1. The Balaban J connectivity index is 1.62. The molecule has 6 nitrogen and oxygen atoms in total. The first-order valence-electron chi connectivity index (χ1n) is 10.1. The van der Waals surface area contributed by atoms with Gasteiger partial charge in [0, 0.05) is 25.7 Å². The van der Waals surface area contributed by atoms with Crippen LogP contribution in [0.5, 0.6) is 0 Å². The van der Waals surface area contributed by atoms with Crippen LogP contribution in [0.1, 0.15) is 35.7 Å². The van der Waals surface area contributed by atoms with Gasteiger partial charge in [0.15, 0.2) is 4.80 Å². The van der Waals surface area contributed by atoms with Crippen molar-refractivity contribution in [2.75, 3.05) is 13.1 Å². The summed E-state index contributed by atoms with van der Waals surface area (Å²) in [5.74, 6) is 0.119. The molecule has 0 radical (unpaired) electrons. The number of sulfonamides is 1. The number of hydrogen-bond acceptors (Lipinski definition) is 4. The number of halogens is 1. The third-order valence-corrected chi connectivity index (χ3v) is 9.28. The third kappa shape index (κ3) is 4.22. The quantitative estimate of drug-likeness (QED) is 0.562. The number of rotatable bonds is 3. The Bertz CT molecular complexity index is 1320. The lowest BCUT2D eigenvalue weighted by Gasteiger charge is -2.29. The molecule has 2 heterocycles. The fraction of sp³-hybridized carbons (Fsp3) is 0.364. The summed E-state index contributed by atoms with van der Waals surface area (Å²) < 4.78 is 30.0. The Hall–Kier alpha value is -2.00. The van der Waals surface area contributed by atoms with Gasteiger partial charge in [0.25, 0.3) is 5.91 Å². The predicted molar refractivity (Wildman–Crippen MR) is 124 cm³/mol. The second kappa shape index (κ2) is 8.50. The molecule has 1 amide bonds. The van der Waals surface area contributed by atoms with Crippen LogP contribution in [0, 0.1) is 12.8 Å². The molecule has 0 aliphatic carbocycles. The average molecular weight is 478 g/mol. The van der Waals surface area contributed by atoms with Crippen molar-refractivity contribution in [3.63, 3.8) is 0 Å². The van der Waals surface area contributed by atoms with Gasteiger partial charge in [-0.25, -0.2) is 8.42 Å². The van der Waals surface area contributed by atoms with Gasteiger partial charge in [-0.15, -0.1) is 0 Å². The van der Waals surface area contributed by atoms with Crippen LogP contribution in [0.2, 0.25) is 5.02 Å². The molecule has 1 aliphatic heterocycles. The van der Waals surface area contributed by atoms with Gasteiger partial charge >= 0.3 is 0 Å². The second-order valence-corrected chi connectivity index (χ2v) is 11.3. The summed E-state index contributed by atoms with van der Waals surface area (Å²) in [4.78, 5) is 17.7. The van der Waals surface area contributed by atoms with E-state index in [-0.39, 0.29) is 4.90 Å². The molecule has 0 saturated carbocycles. The highest BCUT2D eigenvalue weighted by Crippen LogP contribution is 2.28. The topological polar surface area (TPSA) is 71.7 Å². The van der Waals surface area contributed by atoms with E-state index in [0.717, 1.165) is 28.6 Å². The Morgan fingerprint density at radius 1 is 1.13 bits per heavy atom. The fourth-order valence-electron chi connectivity index (χ4n) is 3.81. The Kier molecular flexibility index (Phi) is 6.09. The van der Waals surface area contributed by atoms with E-state index < -0.39 is 15.9 Å². The summed E-state index contributed by atoms with van der Waals surface area (Å²) in [7, 11) is -1.70. The molecule has 0 bridgehead atoms. The molecule has 0 N–H and O–H groups in total. The van der Waals surface area contributed by atoms with Crippen molar-refractivity contribution in [2.45, 2.75) is 31.6 Å². The number of amides is 1. The minimum Gasteiger partial charge on any atom is -0.319 e. The molecule has 1 aliphatic rings. The van der Waals surface area contributed by atoms with Crippen LogP contribution in [0.4, 0.5) is 0 Å². The summed E-state index contributed by atoms with van der Waals surface area (Å²) in [6.45, 7) is 5.19. The Morgan fingerprint density at radius 3 is 2.39 bits per heavy atom. The maximum Gasteiger partial charge on any atom is 0.279 e. The molecule has 0 atom stereocenters. The Labute approximate surface area is 190 Å². The van der Waals surface area contributed by atoms with Crippen LogP contribution >= 0.6 is 22.9 Å². The first kappa shape index (κ1) is 22.2. The monoisotopic (exact) mass is 477 g/mol. The summed E-state index contributed by atoms with van der Waals surface area (Å²) in [5.41, 5.74) is 2.33. The molecular weight excluding hydrogens is 454 g/mol. The number of piperidine rings is 1. The van der Waals surface area contributed by atoms with Crippen molar-refractivity contribution in [2.24, 2.45) is 18.0 Å². The van der Waals surface area contributed by atoms with Gasteiger partial charge in [-0.05, 0) is 61.6 Å². The van der Waals surface area contributed by atoms with Gasteiger partial charge in [0.2, 0.25) is 10.0 Å². The Morgan fingerprint density at radius 2 is 1.77 bits per heavy atom. The van der Waals surface area contributed by atoms with Gasteiger partial charge < -0.3 is 4.57 Å². The summed E-state index contributed by atoms with van der Waals surface area (Å²) >= 11 is 7.66. The summed E-state index contributed by atoms with van der Waals surface area (Å²) in [5, 5.41) is 0.622. The molecule has 4 rings (SSSR count). The van der Waals surface area contributed by atoms with E-state index in [2.05, 4.69) is 11.9 Å². The number of aryl methyl sites for hydroxylation is 2. The average Bonchev–Trinajstić information content (AvgIpc) is 3.08. The van der Waals surface area contributed by atoms with Crippen LogP contribution in [-0.4, -0.2) is 36.3 Å². The molecule has 31 heavy (non-hydrogen) atoms. The highest BCUT2D eigenvalue weighted by atomic mass is 35.5. The number of carbonyl (C=O) groups excluding carboxylic acids is 1. The van der Waals surface area contributed by atoms with E-state index in [1.807, 2.05) is 30.7 Å². The molecule has 2 aromatic carbocycles. The first-order chi connectivity index (χ1) is 14.7. The molecule has 1 aromatic heterocycles. The van der Waals surface area contributed by atoms with Gasteiger partial charge in [0.05, 0.1) is 20.1 Å². The van der Waals surface area contributed by atoms with Gasteiger partial charge in [-0.1, -0.05) is 35.9 Å². The standard InChI is InChI=1S/C22H24ClN3O3S2/c1-14-10-12-26(13-11-14)31(28,29)17-7-5-16(6-8-17)21(27)24-22-25(3)19-15(2)4-9-18(23)20(19)30-22/h4-9,14H,10-13H2,1-3H3. The number of nitrogens with zero attached hydrogens (tertiary/aromatic N) is 3. The van der Waals surface area contributed by atoms with Crippen molar-refractivity contribution in [3.8, 4) is 0 Å². The number of benzene rings is 2. The number of hydrogen-bond donors (Lipinski definition) is 0. The first-order valence-corrected chi connectivity index (χ1v) is 12.8. The lowest BCUT2D eigenvalue weighted by molar-refractivity contribution is 0.0998. The van der Waals surface area contributed by atoms with E-state index in [9.17, 15) is 13.2 Å². The lowest BCUT2D eigenvalue weighted by atomic mass is 10.0. The molecule has 9 heteroatoms. The molecule has 0 spiro atoms. The molecule has 3 aromatic rings. The number of thiazole rings is 1. The smallest absolute Gasteiger partial charge is 0.279 e. The van der Waals surface area contributed by atoms with Crippen molar-refractivity contribution in [1.29, 1.82) is 0 Å². The van der Waals surface area contributed by atoms with Crippen molar-refractivity contribution >= 4 is 49.1 Å². The van der Waals surface area contributed by atoms with Gasteiger partial charge in [-0.3, -0.25) is 4.79 Å². The highest BCUT2D eigenvalue weighted by Gasteiger charge is 2.28. The molecular formula is C22H24ClN3O3S2. The van der Waals surface area contributed by atoms with E-state index >= 15 is 0 Å². The minimum atomic E-state index is -3.55. The van der Waals surface area contributed by atoms with Crippen molar-refractivity contribution in [3.05, 3.63) is 57.3 Å². The van der Waals surface area contributed by atoms with Crippen LogP contribution in [0.25, 0.3) is 10.2 Å². The summed E-state index contributed by atoms with van der Waals surface area (Å²) in [6, 6.07) is 9.80. The van der Waals surface area contributed by atoms with Crippen molar-refractivity contribution < 1.29 is 13.2 Å². The van der Waals surface area contributed by atoms with E-state index in [0.29, 0.717) is 34.4 Å². The maximum atomic E-state index is 12.9. The van der Waals surface area contributed by atoms with Crippen LogP contribution in [0.3, 0.4) is 0 Å². The number of aromatic nitrogens is 1. The van der Waals surface area contributed by atoms with E-state index in [1.54, 1.807) is 0 Å². The van der Waals surface area contributed by atoms with Gasteiger partial charge in [0.1, 0.15) is 0 Å². The molecule has 1 saturated heterocycles. The molecule has 164 valence electrons. The van der Waals surface area contributed by atoms with E-state index in [4.69, 9.17) is 11.6 Å². The van der Waals surface area contributed by atoms with Crippen molar-refractivity contribution in [1.82, 2.24) is 8.87 Å². The SMILES string of the molecule is Cc1ccc(Cl)c2sc(=NC(=O)c3ccc(S(=O)(=O)N4CCC(C)CC4)cc3)n(C)c12. The number of carbonyl (C=O) groups is 1. The molecule has 1 fully saturated rings. The predicted octanol–water partition coefficient (Wildman–Crippen LogP) is 4.36. The zero-order chi connectivity index (χ0) is 22.3. The van der Waals surface area contributed by atoms with Crippen LogP contribution in [0.15, 0.2) is 46.3 Å². The largest absolute Gasteiger partial charge is 0.319 e. The maximum absolute atomic E-state index is 12.9. The van der Waals surface area contributed by atoms with Crippen LogP contribution in [-0.2, 0) is 17.1 Å². The second-order valence-electron chi connectivity index (χ2n) is 8.01. The zero-order valence-corrected chi connectivity index (χ0v) is 20.0. The minimum absolute atomic E-state index is 0.202. The van der Waals surface area contributed by atoms with E-state index in [1.165, 1.54) is 39.9 Å². The highest BCUT2D eigenvalue weighted by molar-refractivity contribution is 7.89. The fourth-order valence-corrected chi connectivity index (χ4v) is 6.64. The van der Waals surface area contributed by atoms with Gasteiger partial charge in [-0.2, -0.15) is 9.30 Å². The molecule has 0 unspecified atom stereocenters. The zero-order valence-electron chi connectivity index (χ0n) is 17.6. The lowest BCUT2D eigenvalue weighted by Crippen LogP contribution is -2.37.